The average Bonchev–Trinajstić information content (AvgIpc) is 2.87. The highest BCUT2D eigenvalue weighted by molar-refractivity contribution is 7.12. The van der Waals surface area contributed by atoms with E-state index < -0.39 is 11.8 Å². The highest BCUT2D eigenvalue weighted by Gasteiger charge is 2.16. The maximum absolute atomic E-state index is 14.0. The molecule has 0 aliphatic carbocycles. The quantitative estimate of drug-likeness (QED) is 0.667. The number of nitrogens with one attached hydrogen (secondary N) is 1. The monoisotopic (exact) mass is 308 g/mol. The normalized spacial score (nSPS) is 12.0. The van der Waals surface area contributed by atoms with Gasteiger partial charge in [0.2, 0.25) is 0 Å². The van der Waals surface area contributed by atoms with Crippen LogP contribution in [0.2, 0.25) is 0 Å². The highest BCUT2D eigenvalue weighted by atomic mass is 32.1. The summed E-state index contributed by atoms with van der Waals surface area (Å²) < 4.78 is 18.6. The summed E-state index contributed by atoms with van der Waals surface area (Å²) in [4.78, 5) is 13.9. The zero-order chi connectivity index (χ0) is 15.6. The molecule has 4 nitrogen and oxygen atoms in total. The van der Waals surface area contributed by atoms with Crippen LogP contribution in [0.5, 0.6) is 0 Å². The predicted octanol–water partition coefficient (Wildman–Crippen LogP) is 3.74. The summed E-state index contributed by atoms with van der Waals surface area (Å²) in [7, 11) is 1.26. The number of aryl methyl sites for hydroxylation is 1. The van der Waals surface area contributed by atoms with Gasteiger partial charge in [0.1, 0.15) is 5.82 Å². The molecule has 0 spiro atoms. The number of carbonyl (C=O) groups is 1. The fourth-order valence-corrected chi connectivity index (χ4v) is 2.86. The molecule has 1 atom stereocenters. The summed E-state index contributed by atoms with van der Waals surface area (Å²) in [5.74, 6) is -1.09. The molecule has 0 fully saturated rings. The molecule has 1 unspecified atom stereocenters. The number of nitrogens with two attached hydrogens (primary N) is 1. The fourth-order valence-electron chi connectivity index (χ4n) is 1.98. The smallest absolute Gasteiger partial charge is 0.340 e. The second kappa shape index (κ2) is 6.13. The molecule has 3 N–H and O–H groups in total. The molecule has 1 aromatic heterocycles. The lowest BCUT2D eigenvalue weighted by atomic mass is 10.1. The number of esters is 1. The molecule has 0 amide bonds. The first-order valence-corrected chi connectivity index (χ1v) is 7.24. The molecule has 2 rings (SSSR count). The summed E-state index contributed by atoms with van der Waals surface area (Å²) >= 11 is 1.64. The van der Waals surface area contributed by atoms with Gasteiger partial charge in [-0.15, -0.1) is 11.3 Å². The first-order valence-electron chi connectivity index (χ1n) is 6.42. The number of carbonyl (C=O) groups excluding carboxylic acids is 1. The van der Waals surface area contributed by atoms with Gasteiger partial charge in [-0.2, -0.15) is 0 Å². The Morgan fingerprint density at radius 2 is 2.14 bits per heavy atom. The summed E-state index contributed by atoms with van der Waals surface area (Å²) in [6.07, 6.45) is 0. The lowest BCUT2D eigenvalue weighted by molar-refractivity contribution is 0.0602. The van der Waals surface area contributed by atoms with Crippen molar-refractivity contribution < 1.29 is 13.9 Å². The van der Waals surface area contributed by atoms with Crippen LogP contribution in [-0.2, 0) is 4.74 Å². The van der Waals surface area contributed by atoms with Crippen LogP contribution >= 0.6 is 11.3 Å². The van der Waals surface area contributed by atoms with Crippen LogP contribution in [0.25, 0.3) is 0 Å². The van der Waals surface area contributed by atoms with Gasteiger partial charge in [0.15, 0.2) is 0 Å². The van der Waals surface area contributed by atoms with Crippen molar-refractivity contribution in [2.24, 2.45) is 0 Å². The molecule has 0 bridgehead atoms. The van der Waals surface area contributed by atoms with Crippen LogP contribution in [0.15, 0.2) is 24.3 Å². The van der Waals surface area contributed by atoms with E-state index in [1.807, 2.05) is 26.0 Å². The fraction of sp³-hybridized carbons (Fsp3) is 0.267. The Balaban J connectivity index is 2.29. The number of rotatable bonds is 4. The maximum Gasteiger partial charge on any atom is 0.340 e. The van der Waals surface area contributed by atoms with E-state index >= 15 is 0 Å². The average molecular weight is 308 g/mol. The van der Waals surface area contributed by atoms with Crippen molar-refractivity contribution in [3.05, 3.63) is 45.4 Å². The number of benzene rings is 1. The minimum absolute atomic E-state index is 0.0597. The van der Waals surface area contributed by atoms with E-state index in [9.17, 15) is 9.18 Å². The summed E-state index contributed by atoms with van der Waals surface area (Å²) in [5.41, 5.74) is 6.08. The van der Waals surface area contributed by atoms with Gasteiger partial charge in [-0.3, -0.25) is 0 Å². The molecule has 0 saturated carbocycles. The van der Waals surface area contributed by atoms with Crippen molar-refractivity contribution >= 4 is 28.7 Å². The van der Waals surface area contributed by atoms with E-state index in [0.29, 0.717) is 0 Å². The SMILES string of the molecule is COC(=O)c1cc(NC(C)c2ccc(C)s2)c(F)cc1N. The third-order valence-corrected chi connectivity index (χ3v) is 4.29. The summed E-state index contributed by atoms with van der Waals surface area (Å²) in [6.45, 7) is 3.94. The number of methoxy groups -OCH3 is 1. The molecule has 0 aliphatic rings. The number of hydrogen-bond donors (Lipinski definition) is 2. The number of hydrogen-bond acceptors (Lipinski definition) is 5. The Kier molecular flexibility index (Phi) is 4.47. The molecule has 0 saturated heterocycles. The van der Waals surface area contributed by atoms with Gasteiger partial charge in [0, 0.05) is 15.4 Å². The van der Waals surface area contributed by atoms with Gasteiger partial charge in [-0.05, 0) is 38.1 Å². The second-order valence-electron chi connectivity index (χ2n) is 4.73. The van der Waals surface area contributed by atoms with Crippen LogP contribution in [-0.4, -0.2) is 13.1 Å². The van der Waals surface area contributed by atoms with E-state index in [0.717, 1.165) is 10.9 Å². The topological polar surface area (TPSA) is 64.3 Å². The van der Waals surface area contributed by atoms with E-state index in [4.69, 9.17) is 5.73 Å². The number of halogens is 1. The van der Waals surface area contributed by atoms with Gasteiger partial charge in [0.05, 0.1) is 24.4 Å². The van der Waals surface area contributed by atoms with Crippen molar-refractivity contribution in [2.75, 3.05) is 18.2 Å². The van der Waals surface area contributed by atoms with E-state index in [-0.39, 0.29) is 23.0 Å². The lowest BCUT2D eigenvalue weighted by Gasteiger charge is -2.16. The molecule has 21 heavy (non-hydrogen) atoms. The Labute approximate surface area is 126 Å². The third-order valence-electron chi connectivity index (χ3n) is 3.10. The van der Waals surface area contributed by atoms with Crippen LogP contribution in [0.1, 0.15) is 33.1 Å². The Hall–Kier alpha value is -2.08. The maximum atomic E-state index is 14.0. The Morgan fingerprint density at radius 3 is 2.71 bits per heavy atom. The second-order valence-corrected chi connectivity index (χ2v) is 6.04. The van der Waals surface area contributed by atoms with Gasteiger partial charge in [-0.25, -0.2) is 9.18 Å². The van der Waals surface area contributed by atoms with Crippen molar-refractivity contribution in [1.82, 2.24) is 0 Å². The van der Waals surface area contributed by atoms with Crippen LogP contribution in [0.3, 0.4) is 0 Å². The first-order chi connectivity index (χ1) is 9.92. The number of ether oxygens (including phenoxy) is 1. The predicted molar refractivity (Wildman–Crippen MR) is 83.2 cm³/mol. The number of anilines is 2. The highest BCUT2D eigenvalue weighted by Crippen LogP contribution is 2.29. The molecule has 1 aromatic carbocycles. The Bertz CT molecular complexity index is 670. The number of thiophene rings is 1. The van der Waals surface area contributed by atoms with Gasteiger partial charge in [0.25, 0.3) is 0 Å². The van der Waals surface area contributed by atoms with Crippen LogP contribution in [0.4, 0.5) is 15.8 Å². The van der Waals surface area contributed by atoms with E-state index in [1.54, 1.807) is 11.3 Å². The van der Waals surface area contributed by atoms with Crippen LogP contribution in [0, 0.1) is 12.7 Å². The van der Waals surface area contributed by atoms with Gasteiger partial charge in [-0.1, -0.05) is 0 Å². The summed E-state index contributed by atoms with van der Waals surface area (Å²) in [6, 6.07) is 6.44. The van der Waals surface area contributed by atoms with Crippen molar-refractivity contribution in [3.63, 3.8) is 0 Å². The van der Waals surface area contributed by atoms with Gasteiger partial charge < -0.3 is 15.8 Å². The standard InChI is InChI=1S/C15H17FN2O2S/c1-8-4-5-14(21-8)9(2)18-13-6-10(15(19)20-3)12(17)7-11(13)16/h4-7,9,18H,17H2,1-3H3. The molecule has 112 valence electrons. The molecule has 6 heteroatoms. The van der Waals surface area contributed by atoms with E-state index in [2.05, 4.69) is 10.1 Å². The Morgan fingerprint density at radius 1 is 1.43 bits per heavy atom. The first kappa shape index (κ1) is 15.3. The largest absolute Gasteiger partial charge is 0.465 e. The molecular weight excluding hydrogens is 291 g/mol. The zero-order valence-corrected chi connectivity index (χ0v) is 12.9. The van der Waals surface area contributed by atoms with Crippen molar-refractivity contribution in [1.29, 1.82) is 0 Å². The van der Waals surface area contributed by atoms with Crippen LogP contribution < -0.4 is 11.1 Å². The van der Waals surface area contributed by atoms with E-state index in [1.165, 1.54) is 18.1 Å². The molecule has 0 radical (unpaired) electrons. The van der Waals surface area contributed by atoms with Gasteiger partial charge >= 0.3 is 5.97 Å². The summed E-state index contributed by atoms with van der Waals surface area (Å²) in [5, 5.41) is 3.06. The third kappa shape index (κ3) is 3.33. The van der Waals surface area contributed by atoms with Crippen molar-refractivity contribution in [2.45, 2.75) is 19.9 Å². The number of nitrogen functional groups attached to an aromatic ring is 1. The zero-order valence-electron chi connectivity index (χ0n) is 12.1. The molecule has 1 heterocycles. The minimum Gasteiger partial charge on any atom is -0.465 e. The minimum atomic E-state index is -0.588. The molecule has 2 aromatic rings. The molecule has 0 aliphatic heterocycles. The van der Waals surface area contributed by atoms with Crippen molar-refractivity contribution in [3.8, 4) is 0 Å². The lowest BCUT2D eigenvalue weighted by Crippen LogP contribution is -2.11. The molecular formula is C15H17FN2O2S.